The fourth-order valence-electron chi connectivity index (χ4n) is 4.61. The largest absolute Gasteiger partial charge is 0.447 e. The molecule has 0 saturated carbocycles. The van der Waals surface area contributed by atoms with Crippen molar-refractivity contribution in [3.63, 3.8) is 0 Å². The van der Waals surface area contributed by atoms with Crippen molar-refractivity contribution in [3.05, 3.63) is 53.2 Å². The van der Waals surface area contributed by atoms with Crippen LogP contribution in [0.1, 0.15) is 35.3 Å². The summed E-state index contributed by atoms with van der Waals surface area (Å²) in [5, 5.41) is 8.05. The molecule has 1 atom stereocenters. The van der Waals surface area contributed by atoms with E-state index >= 15 is 0 Å². The van der Waals surface area contributed by atoms with Crippen LogP contribution in [0.5, 0.6) is 0 Å². The number of benzene rings is 1. The summed E-state index contributed by atoms with van der Waals surface area (Å²) >= 11 is 0. The molecular weight excluding hydrogens is 452 g/mol. The number of aryl methyl sites for hydroxylation is 2. The topological polar surface area (TPSA) is 118 Å². The molecule has 1 aromatic carbocycles. The Kier molecular flexibility index (Phi) is 6.49. The SMILES string of the molecule is Cc1noc(C)c1-c1nc(CN2CCCN(C(=O)CN3C(=O)OCC3c3ccccc3)CC2)no1. The number of ether oxygens (including phenoxy) is 1. The molecule has 2 fully saturated rings. The number of carbonyl (C=O) groups excluding carboxylic acids is 2. The van der Waals surface area contributed by atoms with Crippen LogP contribution in [0.3, 0.4) is 0 Å². The highest BCUT2D eigenvalue weighted by atomic mass is 16.6. The molecular formula is C24H28N6O5. The van der Waals surface area contributed by atoms with Crippen LogP contribution < -0.4 is 0 Å². The highest BCUT2D eigenvalue weighted by molar-refractivity contribution is 5.83. The van der Waals surface area contributed by atoms with E-state index < -0.39 is 6.09 Å². The van der Waals surface area contributed by atoms with Crippen molar-refractivity contribution in [2.24, 2.45) is 0 Å². The minimum atomic E-state index is -0.449. The summed E-state index contributed by atoms with van der Waals surface area (Å²) in [6.45, 7) is 7.09. The number of nitrogens with zero attached hydrogens (tertiary/aromatic N) is 6. The molecule has 0 radical (unpaired) electrons. The van der Waals surface area contributed by atoms with E-state index in [4.69, 9.17) is 13.8 Å². The number of hydrogen-bond acceptors (Lipinski definition) is 9. The third-order valence-corrected chi connectivity index (χ3v) is 6.49. The molecule has 2 aliphatic rings. The van der Waals surface area contributed by atoms with Gasteiger partial charge >= 0.3 is 6.09 Å². The van der Waals surface area contributed by atoms with Crippen LogP contribution in [-0.2, 0) is 16.1 Å². The van der Waals surface area contributed by atoms with Crippen molar-refractivity contribution in [1.82, 2.24) is 30.0 Å². The summed E-state index contributed by atoms with van der Waals surface area (Å²) in [7, 11) is 0. The maximum absolute atomic E-state index is 13.1. The van der Waals surface area contributed by atoms with Gasteiger partial charge in [0.05, 0.1) is 18.3 Å². The van der Waals surface area contributed by atoms with Crippen LogP contribution in [0, 0.1) is 13.8 Å². The lowest BCUT2D eigenvalue weighted by Crippen LogP contribution is -2.43. The Morgan fingerprint density at radius 1 is 1.06 bits per heavy atom. The monoisotopic (exact) mass is 480 g/mol. The van der Waals surface area contributed by atoms with Crippen molar-refractivity contribution in [1.29, 1.82) is 0 Å². The van der Waals surface area contributed by atoms with Gasteiger partial charge in [-0.15, -0.1) is 0 Å². The summed E-state index contributed by atoms with van der Waals surface area (Å²) in [6.07, 6.45) is 0.363. The lowest BCUT2D eigenvalue weighted by Gasteiger charge is -2.26. The number of rotatable bonds is 6. The molecule has 35 heavy (non-hydrogen) atoms. The van der Waals surface area contributed by atoms with Gasteiger partial charge in [0.2, 0.25) is 5.91 Å². The molecule has 2 saturated heterocycles. The van der Waals surface area contributed by atoms with Crippen LogP contribution >= 0.6 is 0 Å². The highest BCUT2D eigenvalue weighted by Gasteiger charge is 2.36. The molecule has 0 bridgehead atoms. The van der Waals surface area contributed by atoms with E-state index in [1.807, 2.05) is 49.1 Å². The molecule has 0 N–H and O–H groups in total. The number of cyclic esters (lactones) is 1. The minimum Gasteiger partial charge on any atom is -0.447 e. The fourth-order valence-corrected chi connectivity index (χ4v) is 4.61. The number of hydrogen-bond donors (Lipinski definition) is 0. The molecule has 3 aromatic rings. The first-order valence-corrected chi connectivity index (χ1v) is 11.7. The summed E-state index contributed by atoms with van der Waals surface area (Å²) in [4.78, 5) is 35.5. The predicted molar refractivity (Wildman–Crippen MR) is 123 cm³/mol. The molecule has 4 heterocycles. The van der Waals surface area contributed by atoms with E-state index in [0.29, 0.717) is 49.3 Å². The van der Waals surface area contributed by atoms with Gasteiger partial charge in [-0.3, -0.25) is 14.6 Å². The molecule has 2 aromatic heterocycles. The molecule has 1 unspecified atom stereocenters. The second-order valence-corrected chi connectivity index (χ2v) is 8.86. The normalized spacial score (nSPS) is 19.1. The van der Waals surface area contributed by atoms with Gasteiger partial charge in [0.15, 0.2) is 5.82 Å². The van der Waals surface area contributed by atoms with Gasteiger partial charge in [0.25, 0.3) is 5.89 Å². The highest BCUT2D eigenvalue weighted by Crippen LogP contribution is 2.28. The summed E-state index contributed by atoms with van der Waals surface area (Å²) in [5.41, 5.74) is 2.40. The van der Waals surface area contributed by atoms with Crippen molar-refractivity contribution in [2.45, 2.75) is 32.9 Å². The van der Waals surface area contributed by atoms with Gasteiger partial charge in [0, 0.05) is 26.2 Å². The van der Waals surface area contributed by atoms with Crippen LogP contribution in [0.15, 0.2) is 39.4 Å². The van der Waals surface area contributed by atoms with E-state index in [1.54, 1.807) is 0 Å². The third kappa shape index (κ3) is 4.90. The Bertz CT molecular complexity index is 1170. The molecule has 11 heteroatoms. The first-order chi connectivity index (χ1) is 17.0. The fraction of sp³-hybridized carbons (Fsp3) is 0.458. The van der Waals surface area contributed by atoms with Crippen molar-refractivity contribution in [3.8, 4) is 11.5 Å². The van der Waals surface area contributed by atoms with Gasteiger partial charge < -0.3 is 18.7 Å². The van der Waals surface area contributed by atoms with E-state index in [0.717, 1.165) is 24.1 Å². The zero-order chi connectivity index (χ0) is 24.4. The standard InChI is InChI=1S/C24H28N6O5/c1-16-22(17(2)34-26-16)23-25-20(27-35-23)13-28-9-6-10-29(12-11-28)21(31)14-30-19(15-33-24(30)32)18-7-4-3-5-8-18/h3-5,7-8,19H,6,9-15H2,1-2H3. The molecule has 2 aliphatic heterocycles. The quantitative estimate of drug-likeness (QED) is 0.524. The van der Waals surface area contributed by atoms with Crippen molar-refractivity contribution < 1.29 is 23.4 Å². The number of carbonyl (C=O) groups is 2. The molecule has 0 aliphatic carbocycles. The van der Waals surface area contributed by atoms with E-state index in [9.17, 15) is 9.59 Å². The summed E-state index contributed by atoms with van der Waals surface area (Å²) < 4.78 is 15.9. The van der Waals surface area contributed by atoms with Crippen molar-refractivity contribution >= 4 is 12.0 Å². The average Bonchev–Trinajstić information content (AvgIpc) is 3.49. The maximum atomic E-state index is 13.1. The summed E-state index contributed by atoms with van der Waals surface area (Å²) in [6, 6.07) is 9.41. The molecule has 184 valence electrons. The zero-order valence-corrected chi connectivity index (χ0v) is 19.8. The van der Waals surface area contributed by atoms with Crippen LogP contribution in [-0.4, -0.2) is 81.3 Å². The van der Waals surface area contributed by atoms with E-state index in [-0.39, 0.29) is 25.1 Å². The molecule has 5 rings (SSSR count). The Morgan fingerprint density at radius 2 is 1.89 bits per heavy atom. The number of amides is 2. The smallest absolute Gasteiger partial charge is 0.410 e. The number of aromatic nitrogens is 3. The van der Waals surface area contributed by atoms with E-state index in [2.05, 4.69) is 20.2 Å². The molecule has 2 amide bonds. The van der Waals surface area contributed by atoms with Gasteiger partial charge in [-0.25, -0.2) is 4.79 Å². The first-order valence-electron chi connectivity index (χ1n) is 11.7. The van der Waals surface area contributed by atoms with Crippen molar-refractivity contribution in [2.75, 3.05) is 39.3 Å². The Labute approximate surface area is 202 Å². The summed E-state index contributed by atoms with van der Waals surface area (Å²) in [5.74, 6) is 1.53. The lowest BCUT2D eigenvalue weighted by atomic mass is 10.1. The van der Waals surface area contributed by atoms with Gasteiger partial charge in [0.1, 0.15) is 24.5 Å². The molecule has 0 spiro atoms. The van der Waals surface area contributed by atoms with Gasteiger partial charge in [-0.1, -0.05) is 40.6 Å². The van der Waals surface area contributed by atoms with Crippen LogP contribution in [0.4, 0.5) is 4.79 Å². The second kappa shape index (κ2) is 9.87. The second-order valence-electron chi connectivity index (χ2n) is 8.86. The van der Waals surface area contributed by atoms with Crippen LogP contribution in [0.2, 0.25) is 0 Å². The van der Waals surface area contributed by atoms with Gasteiger partial charge in [-0.2, -0.15) is 4.98 Å². The first kappa shape index (κ1) is 23.0. The predicted octanol–water partition coefficient (Wildman–Crippen LogP) is 2.57. The van der Waals surface area contributed by atoms with Gasteiger partial charge in [-0.05, 0) is 25.8 Å². The third-order valence-electron chi connectivity index (χ3n) is 6.49. The van der Waals surface area contributed by atoms with Crippen LogP contribution in [0.25, 0.3) is 11.5 Å². The Hall–Kier alpha value is -3.73. The molecule has 11 nitrogen and oxygen atoms in total. The minimum absolute atomic E-state index is 0.00400. The Balaban J connectivity index is 1.18. The Morgan fingerprint density at radius 3 is 2.66 bits per heavy atom. The maximum Gasteiger partial charge on any atom is 0.410 e. The average molecular weight is 481 g/mol. The zero-order valence-electron chi connectivity index (χ0n) is 19.8. The lowest BCUT2D eigenvalue weighted by molar-refractivity contribution is -0.131. The van der Waals surface area contributed by atoms with E-state index in [1.165, 1.54) is 4.90 Å².